The largest absolute Gasteiger partial charge is 0.493 e. The Morgan fingerprint density at radius 2 is 1.92 bits per heavy atom. The number of hydrogen-bond acceptors (Lipinski definition) is 6. The van der Waals surface area contributed by atoms with E-state index in [1.807, 2.05) is 6.92 Å². The van der Waals surface area contributed by atoms with Gasteiger partial charge in [0.15, 0.2) is 11.5 Å². The zero-order valence-electron chi connectivity index (χ0n) is 20.2. The lowest BCUT2D eigenvalue weighted by molar-refractivity contribution is -0.137. The van der Waals surface area contributed by atoms with Crippen molar-refractivity contribution in [3.63, 3.8) is 0 Å². The van der Waals surface area contributed by atoms with Gasteiger partial charge in [0, 0.05) is 25.1 Å². The molecule has 1 atom stereocenters. The van der Waals surface area contributed by atoms with Crippen molar-refractivity contribution < 1.29 is 40.5 Å². The van der Waals surface area contributed by atoms with Gasteiger partial charge in [0.2, 0.25) is 10.0 Å². The molecule has 0 bridgehead atoms. The summed E-state index contributed by atoms with van der Waals surface area (Å²) in [6.45, 7) is 4.08. The van der Waals surface area contributed by atoms with Crippen LogP contribution in [0.5, 0.6) is 11.5 Å². The Kier molecular flexibility index (Phi) is 7.84. The van der Waals surface area contributed by atoms with Gasteiger partial charge in [-0.1, -0.05) is 19.1 Å². The lowest BCUT2D eigenvalue weighted by Crippen LogP contribution is -2.44. The molecule has 11 heteroatoms. The van der Waals surface area contributed by atoms with Crippen LogP contribution in [-0.2, 0) is 32.2 Å². The van der Waals surface area contributed by atoms with E-state index in [2.05, 4.69) is 0 Å². The second kappa shape index (κ2) is 10.6. The topological polar surface area (TPSA) is 74.3 Å². The normalized spacial score (nSPS) is 19.8. The molecule has 7 nitrogen and oxygen atoms in total. The minimum atomic E-state index is -4.66. The molecule has 0 spiro atoms. The smallest absolute Gasteiger partial charge is 0.416 e. The van der Waals surface area contributed by atoms with Crippen molar-refractivity contribution in [2.45, 2.75) is 43.5 Å². The predicted molar refractivity (Wildman–Crippen MR) is 125 cm³/mol. The Balaban J connectivity index is 1.62. The Bertz CT molecular complexity index is 1160. The summed E-state index contributed by atoms with van der Waals surface area (Å²) in [6, 6.07) is 8.90. The van der Waals surface area contributed by atoms with Gasteiger partial charge in [-0.2, -0.15) is 17.5 Å². The van der Waals surface area contributed by atoms with E-state index in [9.17, 15) is 21.6 Å². The van der Waals surface area contributed by atoms with E-state index < -0.39 is 26.7 Å². The van der Waals surface area contributed by atoms with E-state index in [1.54, 1.807) is 18.2 Å². The summed E-state index contributed by atoms with van der Waals surface area (Å²) in [6.07, 6.45) is -3.52. The van der Waals surface area contributed by atoms with Crippen LogP contribution in [0.4, 0.5) is 13.2 Å². The zero-order valence-corrected chi connectivity index (χ0v) is 21.0. The van der Waals surface area contributed by atoms with Gasteiger partial charge in [-0.05, 0) is 48.7 Å². The Morgan fingerprint density at radius 3 is 2.53 bits per heavy atom. The number of methoxy groups -OCH3 is 1. The lowest BCUT2D eigenvalue weighted by Gasteiger charge is -2.37. The second-order valence-electron chi connectivity index (χ2n) is 9.54. The fraction of sp³-hybridized carbons (Fsp3) is 0.520. The van der Waals surface area contributed by atoms with Crippen LogP contribution < -0.4 is 9.47 Å². The summed E-state index contributed by atoms with van der Waals surface area (Å²) >= 11 is 0. The number of alkyl halides is 3. The second-order valence-corrected chi connectivity index (χ2v) is 11.5. The van der Waals surface area contributed by atoms with E-state index in [1.165, 1.54) is 17.5 Å². The first-order valence-corrected chi connectivity index (χ1v) is 13.1. The number of ether oxygens (including phenoxy) is 4. The molecule has 2 fully saturated rings. The van der Waals surface area contributed by atoms with Crippen LogP contribution in [-0.4, -0.2) is 58.9 Å². The average molecular weight is 530 g/mol. The molecule has 0 saturated carbocycles. The van der Waals surface area contributed by atoms with Crippen molar-refractivity contribution in [3.05, 3.63) is 53.6 Å². The summed E-state index contributed by atoms with van der Waals surface area (Å²) < 4.78 is 90.4. The summed E-state index contributed by atoms with van der Waals surface area (Å²) in [7, 11) is -2.75. The predicted octanol–water partition coefficient (Wildman–Crippen LogP) is 4.50. The molecule has 2 heterocycles. The molecular weight excluding hydrogens is 499 g/mol. The first-order valence-electron chi connectivity index (χ1n) is 11.7. The van der Waals surface area contributed by atoms with E-state index >= 15 is 0 Å². The average Bonchev–Trinajstić information content (AvgIpc) is 3.34. The quantitative estimate of drug-likeness (QED) is 0.451. The Morgan fingerprint density at radius 1 is 1.14 bits per heavy atom. The van der Waals surface area contributed by atoms with Gasteiger partial charge < -0.3 is 18.9 Å². The molecule has 2 aromatic rings. The molecule has 0 N–H and O–H groups in total. The summed E-state index contributed by atoms with van der Waals surface area (Å²) in [5.41, 5.74) is -0.525. The van der Waals surface area contributed by atoms with Crippen molar-refractivity contribution in [1.82, 2.24) is 4.31 Å². The highest BCUT2D eigenvalue weighted by Gasteiger charge is 2.36. The number of nitrogens with zero attached hydrogens (tertiary/aromatic N) is 1. The maximum Gasteiger partial charge on any atom is 0.416 e. The number of benzene rings is 2. The number of sulfonamides is 1. The zero-order chi connectivity index (χ0) is 26.0. The Hall–Kier alpha value is -2.34. The molecule has 0 radical (unpaired) electrons. The summed E-state index contributed by atoms with van der Waals surface area (Å²) in [4.78, 5) is -0.418. The SMILES string of the molecule is COc1ccc(CN(CC2CCCO2)S(=O)(=O)c2cccc(C(F)(F)F)c2)cc1OCC1(C)COC1. The van der Waals surface area contributed by atoms with Crippen molar-refractivity contribution >= 4 is 10.0 Å². The van der Waals surface area contributed by atoms with Gasteiger partial charge in [-0.25, -0.2) is 8.42 Å². The van der Waals surface area contributed by atoms with Gasteiger partial charge in [0.25, 0.3) is 0 Å². The molecule has 0 amide bonds. The van der Waals surface area contributed by atoms with Crippen LogP contribution in [0.25, 0.3) is 0 Å². The van der Waals surface area contributed by atoms with Gasteiger partial charge in [0.05, 0.1) is 43.5 Å². The molecule has 4 rings (SSSR count). The summed E-state index contributed by atoms with van der Waals surface area (Å²) in [5.74, 6) is 0.950. The van der Waals surface area contributed by atoms with Crippen LogP contribution in [0.15, 0.2) is 47.4 Å². The van der Waals surface area contributed by atoms with Gasteiger partial charge in [-0.15, -0.1) is 0 Å². The summed E-state index contributed by atoms with van der Waals surface area (Å²) in [5, 5.41) is 0. The van der Waals surface area contributed by atoms with Crippen LogP contribution in [0.3, 0.4) is 0 Å². The standard InChI is InChI=1S/C25H30F3NO6S/c1-24(15-33-16-24)17-35-23-11-18(8-9-22(23)32-2)13-29(14-20-6-4-10-34-20)36(30,31)21-7-3-5-19(12-21)25(26,27)28/h3,5,7-9,11-12,20H,4,6,10,13-17H2,1-2H3. The minimum Gasteiger partial charge on any atom is -0.493 e. The maximum absolute atomic E-state index is 13.5. The molecule has 0 aromatic heterocycles. The third-order valence-corrected chi connectivity index (χ3v) is 8.10. The molecule has 2 aliphatic heterocycles. The maximum atomic E-state index is 13.5. The molecule has 0 aliphatic carbocycles. The van der Waals surface area contributed by atoms with Crippen LogP contribution in [0.2, 0.25) is 0 Å². The number of halogens is 3. The third-order valence-electron chi connectivity index (χ3n) is 6.29. The molecule has 1 unspecified atom stereocenters. The molecule has 2 aromatic carbocycles. The number of rotatable bonds is 10. The third kappa shape index (κ3) is 6.13. The van der Waals surface area contributed by atoms with Gasteiger partial charge >= 0.3 is 6.18 Å². The van der Waals surface area contributed by atoms with Crippen LogP contribution in [0.1, 0.15) is 30.9 Å². The van der Waals surface area contributed by atoms with E-state index in [0.29, 0.717) is 56.0 Å². The van der Waals surface area contributed by atoms with Gasteiger partial charge in [0.1, 0.15) is 0 Å². The van der Waals surface area contributed by atoms with E-state index in [-0.39, 0.29) is 24.6 Å². The van der Waals surface area contributed by atoms with Crippen molar-refractivity contribution in [2.75, 3.05) is 40.1 Å². The molecular formula is C25H30F3NO6S. The molecule has 2 aliphatic rings. The Labute approximate surface area is 209 Å². The fourth-order valence-electron chi connectivity index (χ4n) is 4.17. The van der Waals surface area contributed by atoms with Crippen LogP contribution >= 0.6 is 0 Å². The van der Waals surface area contributed by atoms with Crippen molar-refractivity contribution in [1.29, 1.82) is 0 Å². The van der Waals surface area contributed by atoms with E-state index in [0.717, 1.165) is 18.6 Å². The lowest BCUT2D eigenvalue weighted by atomic mass is 9.90. The van der Waals surface area contributed by atoms with Crippen molar-refractivity contribution in [3.8, 4) is 11.5 Å². The molecule has 36 heavy (non-hydrogen) atoms. The monoisotopic (exact) mass is 529 g/mol. The van der Waals surface area contributed by atoms with Gasteiger partial charge in [-0.3, -0.25) is 0 Å². The molecule has 198 valence electrons. The van der Waals surface area contributed by atoms with E-state index in [4.69, 9.17) is 18.9 Å². The molecule has 2 saturated heterocycles. The fourth-order valence-corrected chi connectivity index (χ4v) is 5.67. The highest BCUT2D eigenvalue weighted by molar-refractivity contribution is 7.89. The highest BCUT2D eigenvalue weighted by atomic mass is 32.2. The number of hydrogen-bond donors (Lipinski definition) is 0. The minimum absolute atomic E-state index is 0.0240. The first-order chi connectivity index (χ1) is 17.0. The van der Waals surface area contributed by atoms with Crippen molar-refractivity contribution in [2.24, 2.45) is 5.41 Å². The highest BCUT2D eigenvalue weighted by Crippen LogP contribution is 2.34. The first kappa shape index (κ1) is 26.7. The van der Waals surface area contributed by atoms with Crippen LogP contribution in [0, 0.1) is 5.41 Å².